The van der Waals surface area contributed by atoms with Gasteiger partial charge < -0.3 is 10.6 Å². The third-order valence-corrected chi connectivity index (χ3v) is 4.55. The molecule has 1 aromatic rings. The van der Waals surface area contributed by atoms with E-state index in [1.807, 2.05) is 6.92 Å². The molecule has 1 aliphatic heterocycles. The standard InChI is InChI=1S/C16H24N4O/c1-11-13(16(21)20-12-6-2-3-7-12)10-18-15(19-11)14-8-4-5-9-17-14/h10,12,14,17H,2-9H2,1H3,(H,20,21)/t14-/m1/s1. The van der Waals surface area contributed by atoms with Gasteiger partial charge in [-0.3, -0.25) is 4.79 Å². The SMILES string of the molecule is Cc1nc([C@H]2CCCCN2)ncc1C(=O)NC1CCCC1. The number of nitrogens with one attached hydrogen (secondary N) is 2. The highest BCUT2D eigenvalue weighted by Gasteiger charge is 2.22. The summed E-state index contributed by atoms with van der Waals surface area (Å²) < 4.78 is 0. The second-order valence-corrected chi connectivity index (χ2v) is 6.18. The van der Waals surface area contributed by atoms with E-state index in [2.05, 4.69) is 20.6 Å². The van der Waals surface area contributed by atoms with E-state index in [1.165, 1.54) is 25.7 Å². The van der Waals surface area contributed by atoms with E-state index < -0.39 is 0 Å². The molecule has 1 atom stereocenters. The molecule has 21 heavy (non-hydrogen) atoms. The van der Waals surface area contributed by atoms with Crippen LogP contribution in [0.25, 0.3) is 0 Å². The van der Waals surface area contributed by atoms with Gasteiger partial charge in [-0.2, -0.15) is 0 Å². The van der Waals surface area contributed by atoms with E-state index in [-0.39, 0.29) is 11.9 Å². The van der Waals surface area contributed by atoms with Crippen LogP contribution in [0, 0.1) is 6.92 Å². The van der Waals surface area contributed by atoms with Crippen molar-refractivity contribution >= 4 is 5.91 Å². The molecule has 2 N–H and O–H groups in total. The fourth-order valence-electron chi connectivity index (χ4n) is 3.28. The normalized spacial score (nSPS) is 23.2. The molecule has 1 aliphatic carbocycles. The summed E-state index contributed by atoms with van der Waals surface area (Å²) in [5, 5.41) is 6.54. The Hall–Kier alpha value is -1.49. The second-order valence-electron chi connectivity index (χ2n) is 6.18. The Morgan fingerprint density at radius 2 is 2.00 bits per heavy atom. The Labute approximate surface area is 125 Å². The monoisotopic (exact) mass is 288 g/mol. The molecule has 1 saturated carbocycles. The Morgan fingerprint density at radius 3 is 2.67 bits per heavy atom. The summed E-state index contributed by atoms with van der Waals surface area (Å²) in [7, 11) is 0. The summed E-state index contributed by atoms with van der Waals surface area (Å²) in [5.74, 6) is 0.798. The molecular formula is C16H24N4O. The van der Waals surface area contributed by atoms with E-state index >= 15 is 0 Å². The highest BCUT2D eigenvalue weighted by atomic mass is 16.1. The maximum Gasteiger partial charge on any atom is 0.254 e. The lowest BCUT2D eigenvalue weighted by atomic mass is 10.0. The van der Waals surface area contributed by atoms with Crippen molar-refractivity contribution in [2.24, 2.45) is 0 Å². The van der Waals surface area contributed by atoms with E-state index in [9.17, 15) is 4.79 Å². The number of piperidine rings is 1. The molecular weight excluding hydrogens is 264 g/mol. The maximum atomic E-state index is 12.3. The van der Waals surface area contributed by atoms with Crippen molar-refractivity contribution in [1.29, 1.82) is 0 Å². The van der Waals surface area contributed by atoms with Gasteiger partial charge in [0.05, 0.1) is 17.3 Å². The molecule has 0 aromatic carbocycles. The Kier molecular flexibility index (Phi) is 4.48. The van der Waals surface area contributed by atoms with Crippen molar-refractivity contribution in [3.8, 4) is 0 Å². The first-order valence-electron chi connectivity index (χ1n) is 8.12. The van der Waals surface area contributed by atoms with E-state index in [1.54, 1.807) is 6.20 Å². The quantitative estimate of drug-likeness (QED) is 0.895. The molecule has 0 unspecified atom stereocenters. The van der Waals surface area contributed by atoms with Crippen LogP contribution in [0.1, 0.15) is 72.9 Å². The molecule has 1 aromatic heterocycles. The fourth-order valence-corrected chi connectivity index (χ4v) is 3.28. The number of amides is 1. The van der Waals surface area contributed by atoms with Crippen LogP contribution in [-0.4, -0.2) is 28.5 Å². The van der Waals surface area contributed by atoms with Crippen LogP contribution >= 0.6 is 0 Å². The topological polar surface area (TPSA) is 66.9 Å². The van der Waals surface area contributed by atoms with Crippen molar-refractivity contribution < 1.29 is 4.79 Å². The summed E-state index contributed by atoms with van der Waals surface area (Å²) in [6.45, 7) is 2.93. The Morgan fingerprint density at radius 1 is 1.24 bits per heavy atom. The molecule has 114 valence electrons. The van der Waals surface area contributed by atoms with E-state index in [0.717, 1.165) is 37.3 Å². The highest BCUT2D eigenvalue weighted by Crippen LogP contribution is 2.21. The minimum Gasteiger partial charge on any atom is -0.349 e. The Bertz CT molecular complexity index is 505. The van der Waals surface area contributed by atoms with Crippen LogP contribution in [0.5, 0.6) is 0 Å². The second kappa shape index (κ2) is 6.52. The van der Waals surface area contributed by atoms with Gasteiger partial charge in [0.25, 0.3) is 5.91 Å². The zero-order chi connectivity index (χ0) is 14.7. The third-order valence-electron chi connectivity index (χ3n) is 4.55. The molecule has 2 heterocycles. The zero-order valence-corrected chi connectivity index (χ0v) is 12.7. The first-order chi connectivity index (χ1) is 10.2. The summed E-state index contributed by atoms with van der Waals surface area (Å²) in [6, 6.07) is 0.570. The molecule has 5 heteroatoms. The number of carbonyl (C=O) groups is 1. The molecule has 1 saturated heterocycles. The van der Waals surface area contributed by atoms with Gasteiger partial charge in [-0.1, -0.05) is 19.3 Å². The number of hydrogen-bond acceptors (Lipinski definition) is 4. The minimum absolute atomic E-state index is 0.0254. The predicted octanol–water partition coefficient (Wildman–Crippen LogP) is 2.27. The van der Waals surface area contributed by atoms with Crippen molar-refractivity contribution in [3.05, 3.63) is 23.3 Å². The highest BCUT2D eigenvalue weighted by molar-refractivity contribution is 5.95. The van der Waals surface area contributed by atoms with Crippen LogP contribution in [0.4, 0.5) is 0 Å². The first kappa shape index (κ1) is 14.4. The molecule has 0 spiro atoms. The summed E-state index contributed by atoms with van der Waals surface area (Å²) in [5.41, 5.74) is 1.39. The molecule has 2 aliphatic rings. The molecule has 1 amide bonds. The number of hydrogen-bond donors (Lipinski definition) is 2. The lowest BCUT2D eigenvalue weighted by Crippen LogP contribution is -2.34. The molecule has 2 fully saturated rings. The van der Waals surface area contributed by atoms with Gasteiger partial charge in [-0.05, 0) is 39.2 Å². The van der Waals surface area contributed by atoms with Crippen LogP contribution < -0.4 is 10.6 Å². The van der Waals surface area contributed by atoms with E-state index in [0.29, 0.717) is 11.6 Å². The molecule has 0 radical (unpaired) electrons. The summed E-state index contributed by atoms with van der Waals surface area (Å²) >= 11 is 0. The number of nitrogens with zero attached hydrogens (tertiary/aromatic N) is 2. The first-order valence-corrected chi connectivity index (χ1v) is 8.12. The number of rotatable bonds is 3. The number of carbonyl (C=O) groups excluding carboxylic acids is 1. The number of aryl methyl sites for hydroxylation is 1. The van der Waals surface area contributed by atoms with Crippen LogP contribution in [0.3, 0.4) is 0 Å². The van der Waals surface area contributed by atoms with Crippen molar-refractivity contribution in [1.82, 2.24) is 20.6 Å². The van der Waals surface area contributed by atoms with E-state index in [4.69, 9.17) is 0 Å². The maximum absolute atomic E-state index is 12.3. The van der Waals surface area contributed by atoms with Crippen LogP contribution in [0.2, 0.25) is 0 Å². The van der Waals surface area contributed by atoms with Gasteiger partial charge in [0.15, 0.2) is 0 Å². The minimum atomic E-state index is -0.0254. The lowest BCUT2D eigenvalue weighted by Gasteiger charge is -2.22. The molecule has 5 nitrogen and oxygen atoms in total. The number of aromatic nitrogens is 2. The van der Waals surface area contributed by atoms with Crippen molar-refractivity contribution in [2.75, 3.05) is 6.54 Å². The van der Waals surface area contributed by atoms with Gasteiger partial charge >= 0.3 is 0 Å². The van der Waals surface area contributed by atoms with Gasteiger partial charge in [0.2, 0.25) is 0 Å². The summed E-state index contributed by atoms with van der Waals surface area (Å²) in [6.07, 6.45) is 9.82. The predicted molar refractivity (Wildman–Crippen MR) is 81.1 cm³/mol. The molecule has 0 bridgehead atoms. The lowest BCUT2D eigenvalue weighted by molar-refractivity contribution is 0.0936. The third kappa shape index (κ3) is 3.40. The van der Waals surface area contributed by atoms with Crippen LogP contribution in [-0.2, 0) is 0 Å². The van der Waals surface area contributed by atoms with Crippen molar-refractivity contribution in [2.45, 2.75) is 64.0 Å². The fraction of sp³-hybridized carbons (Fsp3) is 0.688. The molecule has 3 rings (SSSR count). The van der Waals surface area contributed by atoms with Crippen LogP contribution in [0.15, 0.2) is 6.20 Å². The van der Waals surface area contributed by atoms with Crippen molar-refractivity contribution in [3.63, 3.8) is 0 Å². The average molecular weight is 288 g/mol. The summed E-state index contributed by atoms with van der Waals surface area (Å²) in [4.78, 5) is 21.3. The Balaban J connectivity index is 1.69. The van der Waals surface area contributed by atoms with Gasteiger partial charge in [0.1, 0.15) is 5.82 Å². The van der Waals surface area contributed by atoms with Gasteiger partial charge in [-0.15, -0.1) is 0 Å². The van der Waals surface area contributed by atoms with Gasteiger partial charge in [-0.25, -0.2) is 9.97 Å². The zero-order valence-electron chi connectivity index (χ0n) is 12.7. The average Bonchev–Trinajstić information content (AvgIpc) is 3.01. The van der Waals surface area contributed by atoms with Gasteiger partial charge in [0, 0.05) is 12.2 Å². The smallest absolute Gasteiger partial charge is 0.254 e. The largest absolute Gasteiger partial charge is 0.349 e.